The third-order valence-corrected chi connectivity index (χ3v) is 10.9. The van der Waals surface area contributed by atoms with Gasteiger partial charge in [-0.3, -0.25) is 9.55 Å². The topological polar surface area (TPSA) is 50.9 Å². The second kappa shape index (κ2) is 16.1. The third-order valence-electron chi connectivity index (χ3n) is 10.9. The second-order valence-corrected chi connectivity index (χ2v) is 16.6. The number of rotatable bonds is 8. The summed E-state index contributed by atoms with van der Waals surface area (Å²) in [6.45, 7) is 15.0. The van der Waals surface area contributed by atoms with Gasteiger partial charge in [0.15, 0.2) is 0 Å². The zero-order valence-corrected chi connectivity index (χ0v) is 36.0. The van der Waals surface area contributed by atoms with Crippen molar-refractivity contribution >= 4 is 21.8 Å². The van der Waals surface area contributed by atoms with E-state index < -0.39 is 6.43 Å². The average molecular weight is 950 g/mol. The van der Waals surface area contributed by atoms with Gasteiger partial charge in [-0.1, -0.05) is 145 Å². The Labute approximate surface area is 353 Å². The molecule has 0 fully saturated rings. The minimum absolute atomic E-state index is 0. The second-order valence-electron chi connectivity index (χ2n) is 16.6. The Morgan fingerprint density at radius 1 is 0.672 bits per heavy atom. The maximum Gasteiger partial charge on any atom is 0.263 e. The van der Waals surface area contributed by atoms with Crippen molar-refractivity contribution in [1.82, 2.24) is 14.5 Å². The van der Waals surface area contributed by atoms with E-state index in [0.29, 0.717) is 33.5 Å². The smallest absolute Gasteiger partial charge is 0.263 e. The number of hydrogen-bond donors (Lipinski definition) is 1. The molecule has 0 amide bonds. The number of phenols is 1. The van der Waals surface area contributed by atoms with Crippen molar-refractivity contribution in [2.75, 3.05) is 0 Å². The minimum Gasteiger partial charge on any atom is -0.507 e. The molecule has 0 saturated carbocycles. The van der Waals surface area contributed by atoms with Crippen LogP contribution in [0.4, 0.5) is 8.78 Å². The molecule has 4 nitrogen and oxygen atoms in total. The number of para-hydroxylation sites is 1. The molecule has 0 spiro atoms. The molecule has 8 rings (SSSR count). The Morgan fingerprint density at radius 2 is 1.31 bits per heavy atom. The number of nitrogens with zero attached hydrogens (tertiary/aromatic N) is 3. The maximum absolute atomic E-state index is 15.2. The molecule has 58 heavy (non-hydrogen) atoms. The van der Waals surface area contributed by atoms with Crippen LogP contribution in [0.25, 0.3) is 72.4 Å². The number of benzene rings is 6. The van der Waals surface area contributed by atoms with Crippen LogP contribution in [0.1, 0.15) is 89.0 Å². The predicted octanol–water partition coefficient (Wildman–Crippen LogP) is 14.2. The minimum atomic E-state index is -2.76. The van der Waals surface area contributed by atoms with Gasteiger partial charge >= 0.3 is 0 Å². The molecule has 0 atom stereocenters. The molecule has 2 heterocycles. The zero-order valence-electron chi connectivity index (χ0n) is 33.7. The van der Waals surface area contributed by atoms with Gasteiger partial charge in [-0.2, -0.15) is 0 Å². The molecule has 0 aliphatic carbocycles. The first-order valence-electron chi connectivity index (χ1n) is 19.6. The quantitative estimate of drug-likeness (QED) is 0.154. The van der Waals surface area contributed by atoms with E-state index in [2.05, 4.69) is 90.9 Å². The van der Waals surface area contributed by atoms with Gasteiger partial charge in [-0.25, -0.2) is 13.8 Å². The van der Waals surface area contributed by atoms with E-state index in [0.717, 1.165) is 55.5 Å². The monoisotopic (exact) mass is 949 g/mol. The summed E-state index contributed by atoms with van der Waals surface area (Å²) in [4.78, 5) is 10.2. The summed E-state index contributed by atoms with van der Waals surface area (Å²) in [6, 6.07) is 42.9. The number of aromatic hydroxyl groups is 1. The van der Waals surface area contributed by atoms with E-state index in [4.69, 9.17) is 9.97 Å². The summed E-state index contributed by atoms with van der Waals surface area (Å²) in [7, 11) is 0. The Balaban J connectivity index is 0.00000512. The van der Waals surface area contributed by atoms with Crippen molar-refractivity contribution in [3.63, 3.8) is 0 Å². The first kappa shape index (κ1) is 40.7. The summed E-state index contributed by atoms with van der Waals surface area (Å²) in [5.74, 6) is 0.734. The fraction of sp³-hybridized carbons (Fsp3) is 0.216. The van der Waals surface area contributed by atoms with Gasteiger partial charge < -0.3 is 5.11 Å². The van der Waals surface area contributed by atoms with E-state index >= 15 is 8.78 Å². The maximum atomic E-state index is 15.2. The number of pyridine rings is 1. The predicted molar refractivity (Wildman–Crippen MR) is 230 cm³/mol. The number of alkyl halides is 2. The van der Waals surface area contributed by atoms with Gasteiger partial charge in [0.25, 0.3) is 6.43 Å². The van der Waals surface area contributed by atoms with Gasteiger partial charge in [0.2, 0.25) is 0 Å². The van der Waals surface area contributed by atoms with E-state index in [-0.39, 0.29) is 49.6 Å². The van der Waals surface area contributed by atoms with Crippen molar-refractivity contribution < 1.29 is 35.0 Å². The SMILES string of the molecule is CC(C)c1cccc(C(C)C)c1-n1c(-c2cc3ccccc3cc2O)nc2c(-c3[c-]c(-c4cc(-c5ccccc5)ccn4)cc(C(C)(C)C)c3)cc(C(F)F)cc21.[Pt]. The third kappa shape index (κ3) is 7.63. The van der Waals surface area contributed by atoms with Gasteiger partial charge in [-0.15, -0.1) is 29.3 Å². The van der Waals surface area contributed by atoms with Crippen LogP contribution in [0, 0.1) is 6.07 Å². The van der Waals surface area contributed by atoms with Crippen molar-refractivity contribution in [2.24, 2.45) is 0 Å². The van der Waals surface area contributed by atoms with E-state index in [1.807, 2.05) is 71.3 Å². The molecule has 0 saturated heterocycles. The molecule has 0 aliphatic rings. The molecular weight excluding hydrogens is 904 g/mol. The fourth-order valence-electron chi connectivity index (χ4n) is 7.79. The van der Waals surface area contributed by atoms with Gasteiger partial charge in [0, 0.05) is 38.5 Å². The van der Waals surface area contributed by atoms with Crippen molar-refractivity contribution in [3.8, 4) is 56.3 Å². The van der Waals surface area contributed by atoms with Crippen molar-refractivity contribution in [3.05, 3.63) is 156 Å². The van der Waals surface area contributed by atoms with Crippen LogP contribution in [0.3, 0.4) is 0 Å². The van der Waals surface area contributed by atoms with Crippen LogP contribution < -0.4 is 0 Å². The van der Waals surface area contributed by atoms with E-state index in [9.17, 15) is 5.11 Å². The van der Waals surface area contributed by atoms with Crippen LogP contribution in [-0.4, -0.2) is 19.6 Å². The molecule has 0 unspecified atom stereocenters. The Morgan fingerprint density at radius 3 is 1.95 bits per heavy atom. The Kier molecular flexibility index (Phi) is 11.3. The summed E-state index contributed by atoms with van der Waals surface area (Å²) >= 11 is 0. The van der Waals surface area contributed by atoms with Crippen LogP contribution >= 0.6 is 0 Å². The normalized spacial score (nSPS) is 11.9. The molecule has 7 heteroatoms. The molecule has 296 valence electrons. The van der Waals surface area contributed by atoms with Crippen molar-refractivity contribution in [2.45, 2.75) is 72.1 Å². The molecule has 0 aliphatic heterocycles. The molecule has 0 radical (unpaired) electrons. The average Bonchev–Trinajstić information content (AvgIpc) is 3.58. The molecule has 6 aromatic carbocycles. The summed E-state index contributed by atoms with van der Waals surface area (Å²) in [6.07, 6.45) is -0.957. The van der Waals surface area contributed by atoms with Gasteiger partial charge in [0.05, 0.1) is 22.3 Å². The van der Waals surface area contributed by atoms with Crippen LogP contribution in [0.2, 0.25) is 0 Å². The molecule has 2 aromatic heterocycles. The van der Waals surface area contributed by atoms with Gasteiger partial charge in [0.1, 0.15) is 11.6 Å². The first-order valence-corrected chi connectivity index (χ1v) is 19.6. The number of aromatic nitrogens is 3. The van der Waals surface area contributed by atoms with Crippen LogP contribution in [-0.2, 0) is 26.5 Å². The van der Waals surface area contributed by atoms with E-state index in [1.54, 1.807) is 24.4 Å². The number of fused-ring (bicyclic) bond motifs is 2. The van der Waals surface area contributed by atoms with Crippen LogP contribution in [0.5, 0.6) is 5.75 Å². The summed E-state index contributed by atoms with van der Waals surface area (Å²) in [5, 5.41) is 13.6. The molecular formula is C51H46F2N3OPt-. The number of imidazole rings is 1. The zero-order chi connectivity index (χ0) is 40.2. The summed E-state index contributed by atoms with van der Waals surface area (Å²) < 4.78 is 32.5. The molecule has 1 N–H and O–H groups in total. The largest absolute Gasteiger partial charge is 0.507 e. The Hall–Kier alpha value is -5.45. The molecule has 0 bridgehead atoms. The fourth-order valence-corrected chi connectivity index (χ4v) is 7.79. The first-order chi connectivity index (χ1) is 27.3. The number of halogens is 2. The number of phenolic OH excluding ortho intramolecular Hbond substituents is 1. The standard InChI is InChI=1S/C51H46F2N3O.Pt/c1-30(2)40-18-13-19-41(31(3)4)48(40)56-45-28-38(49(52)53)26-42(47(45)55-50(56)43-25-33-16-11-12-17-34(33)29-46(43)57)36-22-37(24-39(23-36)51(5,6)7)44-27-35(20-21-54-44)32-14-9-8-10-15-32;/h8-21,23-31,49,57H,1-7H3;/q-1;. The number of hydrogen-bond acceptors (Lipinski definition) is 3. The van der Waals surface area contributed by atoms with Crippen molar-refractivity contribution in [1.29, 1.82) is 0 Å². The van der Waals surface area contributed by atoms with Gasteiger partial charge in [-0.05, 0) is 74.5 Å². The Bertz CT molecular complexity index is 2760. The summed E-state index contributed by atoms with van der Waals surface area (Å²) in [5.41, 5.74) is 9.90. The van der Waals surface area contributed by atoms with Crippen LogP contribution in [0.15, 0.2) is 128 Å². The molecule has 8 aromatic rings. The van der Waals surface area contributed by atoms with E-state index in [1.165, 1.54) is 0 Å².